The number of sulfonamides is 1. The van der Waals surface area contributed by atoms with Gasteiger partial charge in [-0.2, -0.15) is 20.2 Å². The number of aryl methyl sites for hydroxylation is 1. The number of anilines is 1. The van der Waals surface area contributed by atoms with Crippen LogP contribution in [-0.4, -0.2) is 60.8 Å². The maximum absolute atomic E-state index is 13.2. The first-order valence-electron chi connectivity index (χ1n) is 10.1. The van der Waals surface area contributed by atoms with Crippen LogP contribution in [-0.2, 0) is 10.0 Å². The molecule has 4 aromatic rings. The molecule has 14 heteroatoms. The molecule has 3 heterocycles. The van der Waals surface area contributed by atoms with E-state index in [0.29, 0.717) is 22.2 Å². The van der Waals surface area contributed by atoms with Crippen molar-refractivity contribution < 1.29 is 31.4 Å². The Morgan fingerprint density at radius 3 is 2.46 bits per heavy atom. The van der Waals surface area contributed by atoms with Crippen LogP contribution in [0.1, 0.15) is 5.56 Å². The molecule has 184 valence electrons. The van der Waals surface area contributed by atoms with Crippen LogP contribution in [0, 0.1) is 6.92 Å². The van der Waals surface area contributed by atoms with Crippen molar-refractivity contribution in [1.29, 1.82) is 0 Å². The van der Waals surface area contributed by atoms with Crippen LogP contribution in [0.3, 0.4) is 0 Å². The summed E-state index contributed by atoms with van der Waals surface area (Å²) in [4.78, 5) is 10.8. The van der Waals surface area contributed by atoms with Crippen LogP contribution in [0.2, 0.25) is 0 Å². The van der Waals surface area contributed by atoms with E-state index in [2.05, 4.69) is 29.9 Å². The van der Waals surface area contributed by atoms with Crippen molar-refractivity contribution in [3.63, 3.8) is 0 Å². The molecule has 11 nitrogen and oxygen atoms in total. The Bertz CT molecular complexity index is 1450. The van der Waals surface area contributed by atoms with E-state index in [9.17, 15) is 17.2 Å². The minimum absolute atomic E-state index is 0.0737. The van der Waals surface area contributed by atoms with Gasteiger partial charge in [0.05, 0.1) is 25.4 Å². The highest BCUT2D eigenvalue weighted by Crippen LogP contribution is 2.36. The molecular formula is C21H20F2N6O5S. The summed E-state index contributed by atoms with van der Waals surface area (Å²) >= 11 is 0. The Labute approximate surface area is 198 Å². The zero-order valence-electron chi connectivity index (χ0n) is 18.7. The van der Waals surface area contributed by atoms with Gasteiger partial charge in [0, 0.05) is 23.3 Å². The number of alkyl halides is 2. The summed E-state index contributed by atoms with van der Waals surface area (Å²) in [5.74, 6) is -1.25. The lowest BCUT2D eigenvalue weighted by Crippen LogP contribution is -2.16. The van der Waals surface area contributed by atoms with Crippen molar-refractivity contribution in [1.82, 2.24) is 25.1 Å². The fourth-order valence-corrected chi connectivity index (χ4v) is 4.50. The minimum Gasteiger partial charge on any atom is -0.478 e. The number of hydrogen-bond acceptors (Lipinski definition) is 9. The van der Waals surface area contributed by atoms with Gasteiger partial charge in [0.1, 0.15) is 11.5 Å². The number of methoxy groups -OCH3 is 2. The maximum atomic E-state index is 13.2. The average Bonchev–Trinajstić information content (AvgIpc) is 3.28. The molecule has 0 saturated heterocycles. The van der Waals surface area contributed by atoms with Crippen molar-refractivity contribution in [3.8, 4) is 28.8 Å². The SMILES string of the molecule is COc1nc(NS(=O)(=O)c2c[nH]c3c(-c4nnccc4C)cccc23)nc(OC)c1OCC(F)F. The lowest BCUT2D eigenvalue weighted by atomic mass is 10.1. The second-order valence-electron chi connectivity index (χ2n) is 7.15. The number of nitrogens with one attached hydrogen (secondary N) is 2. The second kappa shape index (κ2) is 9.66. The summed E-state index contributed by atoms with van der Waals surface area (Å²) in [6.45, 7) is 0.919. The molecule has 3 aromatic heterocycles. The van der Waals surface area contributed by atoms with E-state index in [1.807, 2.05) is 6.92 Å². The highest BCUT2D eigenvalue weighted by atomic mass is 32.2. The van der Waals surface area contributed by atoms with E-state index in [0.717, 1.165) is 5.56 Å². The van der Waals surface area contributed by atoms with Crippen LogP contribution < -0.4 is 18.9 Å². The normalized spacial score (nSPS) is 11.6. The van der Waals surface area contributed by atoms with Gasteiger partial charge in [0.15, 0.2) is 0 Å². The minimum atomic E-state index is -4.21. The van der Waals surface area contributed by atoms with Crippen LogP contribution in [0.15, 0.2) is 41.6 Å². The first-order valence-corrected chi connectivity index (χ1v) is 11.6. The number of para-hydroxylation sites is 1. The summed E-state index contributed by atoms with van der Waals surface area (Å²) in [6.07, 6.45) is 0.136. The van der Waals surface area contributed by atoms with E-state index in [4.69, 9.17) is 14.2 Å². The Balaban J connectivity index is 1.73. The molecule has 0 aliphatic heterocycles. The number of aromatic nitrogens is 5. The van der Waals surface area contributed by atoms with Gasteiger partial charge in [-0.1, -0.05) is 18.2 Å². The number of hydrogen-bond donors (Lipinski definition) is 2. The van der Waals surface area contributed by atoms with Crippen molar-refractivity contribution in [2.24, 2.45) is 0 Å². The van der Waals surface area contributed by atoms with Gasteiger partial charge < -0.3 is 19.2 Å². The fraction of sp³-hybridized carbons (Fsp3) is 0.238. The van der Waals surface area contributed by atoms with E-state index < -0.39 is 29.0 Å². The third-order valence-electron chi connectivity index (χ3n) is 4.91. The zero-order valence-corrected chi connectivity index (χ0v) is 19.6. The molecule has 0 saturated carbocycles. The van der Waals surface area contributed by atoms with Gasteiger partial charge in [-0.25, -0.2) is 21.9 Å². The lowest BCUT2D eigenvalue weighted by Gasteiger charge is -2.14. The third kappa shape index (κ3) is 4.77. The number of aromatic amines is 1. The van der Waals surface area contributed by atoms with Crippen molar-refractivity contribution in [2.75, 3.05) is 25.5 Å². The second-order valence-corrected chi connectivity index (χ2v) is 8.80. The first kappa shape index (κ1) is 24.1. The van der Waals surface area contributed by atoms with Crippen molar-refractivity contribution in [3.05, 3.63) is 42.2 Å². The lowest BCUT2D eigenvalue weighted by molar-refractivity contribution is 0.0781. The quantitative estimate of drug-likeness (QED) is 0.350. The van der Waals surface area contributed by atoms with Crippen LogP contribution >= 0.6 is 0 Å². The Hall–Kier alpha value is -4.07. The number of benzene rings is 1. The molecule has 0 unspecified atom stereocenters. The van der Waals surface area contributed by atoms with Crippen LogP contribution in [0.4, 0.5) is 14.7 Å². The van der Waals surface area contributed by atoms with Crippen LogP contribution in [0.25, 0.3) is 22.2 Å². The molecule has 0 radical (unpaired) electrons. The molecule has 35 heavy (non-hydrogen) atoms. The third-order valence-corrected chi connectivity index (χ3v) is 6.28. The summed E-state index contributed by atoms with van der Waals surface area (Å²) in [7, 11) is -1.78. The number of ether oxygens (including phenoxy) is 3. The topological polar surface area (TPSA) is 141 Å². The highest BCUT2D eigenvalue weighted by molar-refractivity contribution is 7.93. The standard InChI is InChI=1S/C21H20F2N6O5S/c1-11-7-8-25-28-16(11)13-6-4-5-12-14(9-24-17(12)13)35(30,31)29-21-26-19(32-2)18(20(27-21)33-3)34-10-15(22)23/h4-9,15,24H,10H2,1-3H3,(H,26,27,29). The Kier molecular flexibility index (Phi) is 6.64. The molecule has 0 aliphatic rings. The molecule has 0 bridgehead atoms. The van der Waals surface area contributed by atoms with Crippen molar-refractivity contribution >= 4 is 26.9 Å². The van der Waals surface area contributed by atoms with E-state index in [1.165, 1.54) is 20.4 Å². The fourth-order valence-electron chi connectivity index (χ4n) is 3.39. The predicted molar refractivity (Wildman–Crippen MR) is 122 cm³/mol. The van der Waals surface area contributed by atoms with E-state index in [1.54, 1.807) is 30.5 Å². The van der Waals surface area contributed by atoms with Gasteiger partial charge in [-0.05, 0) is 18.6 Å². The Morgan fingerprint density at radius 1 is 1.11 bits per heavy atom. The van der Waals surface area contributed by atoms with Gasteiger partial charge in [-0.3, -0.25) is 0 Å². The van der Waals surface area contributed by atoms with E-state index in [-0.39, 0.29) is 22.4 Å². The van der Waals surface area contributed by atoms with Gasteiger partial charge in [-0.15, -0.1) is 0 Å². The molecule has 1 aromatic carbocycles. The largest absolute Gasteiger partial charge is 0.478 e. The summed E-state index contributed by atoms with van der Waals surface area (Å²) in [5.41, 5.74) is 2.69. The number of H-pyrrole nitrogens is 1. The number of nitrogens with zero attached hydrogens (tertiary/aromatic N) is 4. The van der Waals surface area contributed by atoms with Crippen molar-refractivity contribution in [2.45, 2.75) is 18.2 Å². The number of rotatable bonds is 9. The number of fused-ring (bicyclic) bond motifs is 1. The molecule has 2 N–H and O–H groups in total. The number of halogens is 2. The molecule has 4 rings (SSSR count). The smallest absolute Gasteiger partial charge is 0.272 e. The highest BCUT2D eigenvalue weighted by Gasteiger charge is 2.25. The van der Waals surface area contributed by atoms with Gasteiger partial charge in [0.2, 0.25) is 11.7 Å². The van der Waals surface area contributed by atoms with E-state index >= 15 is 0 Å². The van der Waals surface area contributed by atoms with Crippen LogP contribution in [0.5, 0.6) is 17.5 Å². The molecule has 0 spiro atoms. The predicted octanol–water partition coefficient (Wildman–Crippen LogP) is 3.19. The molecule has 0 atom stereocenters. The zero-order chi connectivity index (χ0) is 25.2. The molecule has 0 amide bonds. The summed E-state index contributed by atoms with van der Waals surface area (Å²) < 4.78 is 69.0. The average molecular weight is 506 g/mol. The van der Waals surface area contributed by atoms with Gasteiger partial charge in [0.25, 0.3) is 28.2 Å². The summed E-state index contributed by atoms with van der Waals surface area (Å²) in [6, 6.07) is 6.95. The molecule has 0 aliphatic carbocycles. The Morgan fingerprint density at radius 2 is 1.83 bits per heavy atom. The maximum Gasteiger partial charge on any atom is 0.272 e. The molecule has 0 fully saturated rings. The monoisotopic (exact) mass is 506 g/mol. The van der Waals surface area contributed by atoms with Gasteiger partial charge >= 0.3 is 0 Å². The summed E-state index contributed by atoms with van der Waals surface area (Å²) in [5, 5.41) is 8.48. The first-order chi connectivity index (χ1) is 16.7. The molecular weight excluding hydrogens is 486 g/mol.